The van der Waals surface area contributed by atoms with Crippen molar-refractivity contribution in [2.24, 2.45) is 5.92 Å². The molecule has 0 saturated heterocycles. The van der Waals surface area contributed by atoms with Gasteiger partial charge in [0.25, 0.3) is 0 Å². The molecular formula is C29H36N4O3. The van der Waals surface area contributed by atoms with Crippen molar-refractivity contribution < 1.29 is 9.53 Å². The molecule has 0 amide bonds. The molecule has 190 valence electrons. The third-order valence-corrected chi connectivity index (χ3v) is 7.91. The lowest BCUT2D eigenvalue weighted by atomic mass is 9.83. The maximum atomic E-state index is 13.3. The lowest BCUT2D eigenvalue weighted by Gasteiger charge is -2.28. The zero-order valence-electron chi connectivity index (χ0n) is 21.1. The van der Waals surface area contributed by atoms with Gasteiger partial charge in [-0.3, -0.25) is 18.8 Å². The molecule has 7 nitrogen and oxygen atoms in total. The number of fused-ring (bicyclic) bond motifs is 1. The summed E-state index contributed by atoms with van der Waals surface area (Å²) in [7, 11) is 1.44. The van der Waals surface area contributed by atoms with Gasteiger partial charge in [0, 0.05) is 56.6 Å². The van der Waals surface area contributed by atoms with Crippen LogP contribution in [0.2, 0.25) is 0 Å². The Morgan fingerprint density at radius 3 is 2.56 bits per heavy atom. The summed E-state index contributed by atoms with van der Waals surface area (Å²) in [6.45, 7) is 2.93. The number of pyridine rings is 1. The first kappa shape index (κ1) is 24.5. The summed E-state index contributed by atoms with van der Waals surface area (Å²) in [6, 6.07) is 15.0. The van der Waals surface area contributed by atoms with Crippen molar-refractivity contribution in [2.75, 3.05) is 20.2 Å². The van der Waals surface area contributed by atoms with E-state index < -0.39 is 0 Å². The molecule has 0 bridgehead atoms. The number of benzene rings is 1. The van der Waals surface area contributed by atoms with Crippen LogP contribution in [0.1, 0.15) is 61.4 Å². The molecule has 1 fully saturated rings. The van der Waals surface area contributed by atoms with E-state index in [0.717, 1.165) is 70.3 Å². The zero-order valence-corrected chi connectivity index (χ0v) is 21.1. The molecule has 0 unspecified atom stereocenters. The molecular weight excluding hydrogens is 452 g/mol. The Hall–Kier alpha value is -3.19. The van der Waals surface area contributed by atoms with Gasteiger partial charge >= 0.3 is 11.7 Å². The van der Waals surface area contributed by atoms with Crippen molar-refractivity contribution in [3.05, 3.63) is 82.2 Å². The lowest BCUT2D eigenvalue weighted by molar-refractivity contribution is -0.141. The number of hydrogen-bond donors (Lipinski definition) is 0. The highest BCUT2D eigenvalue weighted by Gasteiger charge is 2.25. The van der Waals surface area contributed by atoms with Crippen LogP contribution in [-0.2, 0) is 28.9 Å². The number of carbonyl (C=O) groups is 1. The van der Waals surface area contributed by atoms with Gasteiger partial charge in [0.1, 0.15) is 5.82 Å². The van der Waals surface area contributed by atoms with Crippen LogP contribution in [-0.4, -0.2) is 45.2 Å². The fourth-order valence-corrected chi connectivity index (χ4v) is 5.73. The molecule has 0 radical (unpaired) electrons. The van der Waals surface area contributed by atoms with Gasteiger partial charge < -0.3 is 4.74 Å². The maximum Gasteiger partial charge on any atom is 0.334 e. The first-order valence-corrected chi connectivity index (χ1v) is 13.2. The van der Waals surface area contributed by atoms with Crippen molar-refractivity contribution in [2.45, 2.75) is 64.0 Å². The lowest BCUT2D eigenvalue weighted by Crippen LogP contribution is -2.29. The van der Waals surface area contributed by atoms with Crippen LogP contribution in [0.4, 0.5) is 0 Å². The van der Waals surface area contributed by atoms with Crippen molar-refractivity contribution in [3.8, 4) is 5.82 Å². The summed E-state index contributed by atoms with van der Waals surface area (Å²) < 4.78 is 8.34. The fourth-order valence-electron chi connectivity index (χ4n) is 5.73. The molecule has 0 N–H and O–H groups in total. The molecule has 1 aliphatic heterocycles. The summed E-state index contributed by atoms with van der Waals surface area (Å²) in [6.07, 6.45) is 11.0. The smallest absolute Gasteiger partial charge is 0.334 e. The quantitative estimate of drug-likeness (QED) is 0.464. The van der Waals surface area contributed by atoms with Crippen molar-refractivity contribution >= 4 is 5.97 Å². The van der Waals surface area contributed by atoms with Crippen molar-refractivity contribution in [1.82, 2.24) is 19.0 Å². The Kier molecular flexibility index (Phi) is 7.66. The normalized spacial score (nSPS) is 20.5. The highest BCUT2D eigenvalue weighted by molar-refractivity contribution is 5.69. The average molecular weight is 489 g/mol. The second-order valence-electron chi connectivity index (χ2n) is 10.2. The average Bonchev–Trinajstić information content (AvgIpc) is 3.19. The SMILES string of the molecule is COC(=O)CCC1CCC(n2ccn(-c3ccc4c(n3)CCN(Cc3ccccc3)CC4)c2=O)CC1. The van der Waals surface area contributed by atoms with Crippen LogP contribution in [0, 0.1) is 5.92 Å². The molecule has 5 rings (SSSR count). The number of methoxy groups -OCH3 is 1. The van der Waals surface area contributed by atoms with E-state index in [1.54, 1.807) is 4.57 Å². The molecule has 2 aliphatic rings. The van der Waals surface area contributed by atoms with Crippen LogP contribution in [0.15, 0.2) is 59.7 Å². The molecule has 1 aliphatic carbocycles. The van der Waals surface area contributed by atoms with Crippen molar-refractivity contribution in [3.63, 3.8) is 0 Å². The van der Waals surface area contributed by atoms with E-state index in [1.165, 1.54) is 18.2 Å². The van der Waals surface area contributed by atoms with Gasteiger partial charge in [-0.2, -0.15) is 0 Å². The van der Waals surface area contributed by atoms with Gasteiger partial charge in [0.2, 0.25) is 0 Å². The molecule has 3 aromatic rings. The number of hydrogen-bond acceptors (Lipinski definition) is 5. The Bertz CT molecular complexity index is 1220. The van der Waals surface area contributed by atoms with E-state index in [-0.39, 0.29) is 17.7 Å². The number of imidazole rings is 1. The minimum atomic E-state index is -0.137. The third kappa shape index (κ3) is 5.62. The van der Waals surface area contributed by atoms with E-state index in [9.17, 15) is 9.59 Å². The number of esters is 1. The molecule has 2 aromatic heterocycles. The Morgan fingerprint density at radius 2 is 1.78 bits per heavy atom. The number of carbonyl (C=O) groups excluding carboxylic acids is 1. The number of ether oxygens (including phenoxy) is 1. The minimum absolute atomic E-state index is 0.0141. The molecule has 36 heavy (non-hydrogen) atoms. The maximum absolute atomic E-state index is 13.3. The van der Waals surface area contributed by atoms with E-state index in [2.05, 4.69) is 41.3 Å². The molecule has 3 heterocycles. The Labute approximate surface area is 212 Å². The van der Waals surface area contributed by atoms with E-state index in [0.29, 0.717) is 18.2 Å². The summed E-state index contributed by atoms with van der Waals surface area (Å²) in [4.78, 5) is 32.2. The predicted molar refractivity (Wildman–Crippen MR) is 139 cm³/mol. The second-order valence-corrected chi connectivity index (χ2v) is 10.2. The predicted octanol–water partition coefficient (Wildman–Crippen LogP) is 4.32. The number of nitrogens with zero attached hydrogens (tertiary/aromatic N) is 4. The standard InChI is InChI=1S/C29H36N4O3/c1-36-28(34)14-9-22-7-11-25(12-8-22)32-19-20-33(29(32)35)27-13-10-24-15-17-31(18-16-26(24)30-27)21-23-5-3-2-4-6-23/h2-6,10,13,19-20,22,25H,7-9,11-12,14-18,21H2,1H3. The van der Waals surface area contributed by atoms with E-state index >= 15 is 0 Å². The van der Waals surface area contributed by atoms with E-state index in [4.69, 9.17) is 9.72 Å². The summed E-state index contributed by atoms with van der Waals surface area (Å²) >= 11 is 0. The Balaban J connectivity index is 1.23. The van der Waals surface area contributed by atoms with Crippen LogP contribution in [0.3, 0.4) is 0 Å². The molecule has 0 atom stereocenters. The van der Waals surface area contributed by atoms with Crippen molar-refractivity contribution in [1.29, 1.82) is 0 Å². The minimum Gasteiger partial charge on any atom is -0.469 e. The third-order valence-electron chi connectivity index (χ3n) is 7.91. The number of rotatable bonds is 7. The summed E-state index contributed by atoms with van der Waals surface area (Å²) in [5.41, 5.74) is 3.71. The zero-order chi connectivity index (χ0) is 24.9. The molecule has 1 aromatic carbocycles. The molecule has 7 heteroatoms. The first-order valence-electron chi connectivity index (χ1n) is 13.2. The van der Waals surface area contributed by atoms with Gasteiger partial charge in [-0.15, -0.1) is 0 Å². The second kappa shape index (κ2) is 11.2. The fraction of sp³-hybridized carbons (Fsp3) is 0.483. The van der Waals surface area contributed by atoms with Gasteiger partial charge in [-0.05, 0) is 61.6 Å². The van der Waals surface area contributed by atoms with Gasteiger partial charge in [-0.25, -0.2) is 9.78 Å². The van der Waals surface area contributed by atoms with Crippen LogP contribution in [0.25, 0.3) is 5.82 Å². The topological polar surface area (TPSA) is 69.4 Å². The highest BCUT2D eigenvalue weighted by Crippen LogP contribution is 2.34. The summed E-state index contributed by atoms with van der Waals surface area (Å²) in [5.74, 6) is 1.11. The first-order chi connectivity index (χ1) is 17.6. The van der Waals surface area contributed by atoms with Crippen LogP contribution >= 0.6 is 0 Å². The number of aromatic nitrogens is 3. The van der Waals surface area contributed by atoms with E-state index in [1.807, 2.05) is 23.0 Å². The highest BCUT2D eigenvalue weighted by atomic mass is 16.5. The molecule has 1 saturated carbocycles. The van der Waals surface area contributed by atoms with Gasteiger partial charge in [0.15, 0.2) is 0 Å². The molecule has 0 spiro atoms. The van der Waals surface area contributed by atoms with Gasteiger partial charge in [0.05, 0.1) is 7.11 Å². The summed E-state index contributed by atoms with van der Waals surface area (Å²) in [5, 5.41) is 0. The van der Waals surface area contributed by atoms with Gasteiger partial charge in [-0.1, -0.05) is 36.4 Å². The monoisotopic (exact) mass is 488 g/mol. The largest absolute Gasteiger partial charge is 0.469 e. The van der Waals surface area contributed by atoms with Crippen LogP contribution in [0.5, 0.6) is 0 Å². The Morgan fingerprint density at radius 1 is 1.00 bits per heavy atom. The van der Waals surface area contributed by atoms with Crippen LogP contribution < -0.4 is 5.69 Å².